The van der Waals surface area contributed by atoms with Gasteiger partial charge >= 0.3 is 11.9 Å². The molecule has 0 aromatic rings. The SMILES string of the molecule is CCN(CC)CC#CC(C)C1SCCCS1.O=C(O)C(=O)O. The van der Waals surface area contributed by atoms with E-state index in [9.17, 15) is 0 Å². The van der Waals surface area contributed by atoms with Crippen LogP contribution in [-0.2, 0) is 9.59 Å². The van der Waals surface area contributed by atoms with Crippen molar-refractivity contribution in [3.05, 3.63) is 0 Å². The maximum absolute atomic E-state index is 9.10. The summed E-state index contributed by atoms with van der Waals surface area (Å²) in [6, 6.07) is 0. The molecule has 7 heteroatoms. The molecule has 5 nitrogen and oxygen atoms in total. The van der Waals surface area contributed by atoms with Crippen LogP contribution in [-0.4, -0.2) is 62.8 Å². The van der Waals surface area contributed by atoms with Crippen LogP contribution in [0.15, 0.2) is 0 Å². The van der Waals surface area contributed by atoms with Crippen LogP contribution in [0, 0.1) is 17.8 Å². The summed E-state index contributed by atoms with van der Waals surface area (Å²) in [6.45, 7) is 9.80. The molecule has 1 atom stereocenters. The predicted molar refractivity (Wildman–Crippen MR) is 93.3 cm³/mol. The molecule has 0 saturated carbocycles. The third-order valence-electron chi connectivity index (χ3n) is 2.97. The number of rotatable bonds is 4. The van der Waals surface area contributed by atoms with Crippen LogP contribution in [0.5, 0.6) is 0 Å². The van der Waals surface area contributed by atoms with Crippen molar-refractivity contribution in [2.45, 2.75) is 31.8 Å². The number of carboxylic acid groups (broad SMARTS) is 2. The fourth-order valence-electron chi connectivity index (χ4n) is 1.63. The zero-order chi connectivity index (χ0) is 17.0. The van der Waals surface area contributed by atoms with Gasteiger partial charge in [0, 0.05) is 5.92 Å². The van der Waals surface area contributed by atoms with E-state index in [4.69, 9.17) is 19.8 Å². The van der Waals surface area contributed by atoms with E-state index < -0.39 is 11.9 Å². The van der Waals surface area contributed by atoms with Crippen LogP contribution >= 0.6 is 23.5 Å². The lowest BCUT2D eigenvalue weighted by Crippen LogP contribution is -2.23. The number of hydrogen-bond donors (Lipinski definition) is 2. The smallest absolute Gasteiger partial charge is 0.414 e. The Labute approximate surface area is 141 Å². The molecule has 2 N–H and O–H groups in total. The van der Waals surface area contributed by atoms with Crippen LogP contribution in [0.2, 0.25) is 0 Å². The summed E-state index contributed by atoms with van der Waals surface area (Å²) < 4.78 is 0.706. The van der Waals surface area contributed by atoms with E-state index >= 15 is 0 Å². The van der Waals surface area contributed by atoms with E-state index in [1.807, 2.05) is 0 Å². The van der Waals surface area contributed by atoms with Gasteiger partial charge in [0.05, 0.1) is 11.1 Å². The molecule has 1 heterocycles. The van der Waals surface area contributed by atoms with E-state index in [1.165, 1.54) is 17.9 Å². The summed E-state index contributed by atoms with van der Waals surface area (Å²) in [6.07, 6.45) is 1.37. The van der Waals surface area contributed by atoms with E-state index in [0.29, 0.717) is 10.5 Å². The summed E-state index contributed by atoms with van der Waals surface area (Å²) in [5, 5.41) is 14.8. The molecular weight excluding hydrogens is 322 g/mol. The van der Waals surface area contributed by atoms with Crippen LogP contribution < -0.4 is 0 Å². The Hall–Kier alpha value is -0.840. The highest BCUT2D eigenvalue weighted by molar-refractivity contribution is 8.17. The third kappa shape index (κ3) is 9.98. The number of carbonyl (C=O) groups is 2. The average Bonchev–Trinajstić information content (AvgIpc) is 2.52. The summed E-state index contributed by atoms with van der Waals surface area (Å²) in [7, 11) is 0. The minimum absolute atomic E-state index is 0.533. The second-order valence-corrected chi connectivity index (χ2v) is 7.44. The molecular formula is C15H25NO4S2. The second-order valence-electron chi connectivity index (χ2n) is 4.65. The van der Waals surface area contributed by atoms with Gasteiger partial charge in [-0.25, -0.2) is 9.59 Å². The summed E-state index contributed by atoms with van der Waals surface area (Å²) >= 11 is 4.18. The standard InChI is InChI=1S/C13H23NS2.C2H2O4/c1-4-14(5-2)9-6-8-12(3)13-15-10-7-11-16-13;3-1(4)2(5)6/h12-13H,4-5,7,9-11H2,1-3H3;(H,3,4)(H,5,6). The first kappa shape index (κ1) is 21.2. The maximum Gasteiger partial charge on any atom is 0.414 e. The van der Waals surface area contributed by atoms with Gasteiger partial charge in [-0.2, -0.15) is 0 Å². The highest BCUT2D eigenvalue weighted by Crippen LogP contribution is 2.35. The molecule has 1 unspecified atom stereocenters. The van der Waals surface area contributed by atoms with Crippen LogP contribution in [0.1, 0.15) is 27.2 Å². The highest BCUT2D eigenvalue weighted by Gasteiger charge is 2.19. The third-order valence-corrected chi connectivity index (χ3v) is 6.31. The molecule has 0 spiro atoms. The topological polar surface area (TPSA) is 77.8 Å². The Bertz CT molecular complexity index is 384. The number of carboxylic acids is 2. The minimum Gasteiger partial charge on any atom is -0.473 e. The van der Waals surface area contributed by atoms with Gasteiger partial charge in [-0.3, -0.25) is 4.90 Å². The van der Waals surface area contributed by atoms with Gasteiger partial charge in [0.15, 0.2) is 0 Å². The van der Waals surface area contributed by atoms with Crippen molar-refractivity contribution in [1.29, 1.82) is 0 Å². The predicted octanol–water partition coefficient (Wildman–Crippen LogP) is 2.32. The molecule has 126 valence electrons. The molecule has 1 rings (SSSR count). The highest BCUT2D eigenvalue weighted by atomic mass is 32.2. The first-order chi connectivity index (χ1) is 10.4. The van der Waals surface area contributed by atoms with Gasteiger partial charge in [0.25, 0.3) is 0 Å². The van der Waals surface area contributed by atoms with Gasteiger partial charge in [0.2, 0.25) is 0 Å². The van der Waals surface area contributed by atoms with E-state index in [0.717, 1.165) is 19.6 Å². The van der Waals surface area contributed by atoms with Crippen molar-refractivity contribution < 1.29 is 19.8 Å². The molecule has 1 saturated heterocycles. The molecule has 0 bridgehead atoms. The molecule has 1 fully saturated rings. The Morgan fingerprint density at radius 2 is 1.68 bits per heavy atom. The molecule has 0 amide bonds. The summed E-state index contributed by atoms with van der Waals surface area (Å²) in [5.41, 5.74) is 0. The van der Waals surface area contributed by atoms with Crippen molar-refractivity contribution in [3.63, 3.8) is 0 Å². The molecule has 0 radical (unpaired) electrons. The number of nitrogens with zero attached hydrogens (tertiary/aromatic N) is 1. The zero-order valence-corrected chi connectivity index (χ0v) is 15.0. The fraction of sp³-hybridized carbons (Fsp3) is 0.733. The molecule has 1 aliphatic heterocycles. The van der Waals surface area contributed by atoms with Crippen molar-refractivity contribution in [1.82, 2.24) is 4.90 Å². The van der Waals surface area contributed by atoms with Gasteiger partial charge in [-0.15, -0.1) is 23.5 Å². The molecule has 0 aromatic heterocycles. The Kier molecular flexibility index (Phi) is 12.2. The minimum atomic E-state index is -1.82. The summed E-state index contributed by atoms with van der Waals surface area (Å²) in [4.78, 5) is 20.6. The Balaban J connectivity index is 0.000000626. The first-order valence-corrected chi connectivity index (χ1v) is 9.42. The van der Waals surface area contributed by atoms with Crippen LogP contribution in [0.25, 0.3) is 0 Å². The number of thioether (sulfide) groups is 2. The Morgan fingerprint density at radius 3 is 2.09 bits per heavy atom. The van der Waals surface area contributed by atoms with Crippen molar-refractivity contribution >= 4 is 35.5 Å². The molecule has 0 aliphatic carbocycles. The summed E-state index contributed by atoms with van der Waals surface area (Å²) in [5.74, 6) is 6.28. The van der Waals surface area contributed by atoms with Gasteiger partial charge in [-0.05, 0) is 37.9 Å². The molecule has 0 aromatic carbocycles. The maximum atomic E-state index is 9.10. The van der Waals surface area contributed by atoms with E-state index in [2.05, 4.69) is 61.0 Å². The quantitative estimate of drug-likeness (QED) is 0.597. The average molecular weight is 348 g/mol. The lowest BCUT2D eigenvalue weighted by molar-refractivity contribution is -0.159. The second kappa shape index (κ2) is 12.7. The van der Waals surface area contributed by atoms with Gasteiger partial charge in [-0.1, -0.05) is 25.7 Å². The van der Waals surface area contributed by atoms with Crippen molar-refractivity contribution in [2.75, 3.05) is 31.1 Å². The lowest BCUT2D eigenvalue weighted by atomic mass is 10.2. The largest absolute Gasteiger partial charge is 0.473 e. The zero-order valence-electron chi connectivity index (χ0n) is 13.4. The monoisotopic (exact) mass is 347 g/mol. The molecule has 22 heavy (non-hydrogen) atoms. The lowest BCUT2D eigenvalue weighted by Gasteiger charge is -2.23. The van der Waals surface area contributed by atoms with Gasteiger partial charge in [0.1, 0.15) is 0 Å². The van der Waals surface area contributed by atoms with Crippen molar-refractivity contribution in [3.8, 4) is 11.8 Å². The van der Waals surface area contributed by atoms with Crippen molar-refractivity contribution in [2.24, 2.45) is 5.92 Å². The normalized spacial score (nSPS) is 16.0. The number of aliphatic carboxylic acids is 2. The van der Waals surface area contributed by atoms with Gasteiger partial charge < -0.3 is 10.2 Å². The first-order valence-electron chi connectivity index (χ1n) is 7.32. The molecule has 1 aliphatic rings. The van der Waals surface area contributed by atoms with Crippen LogP contribution in [0.4, 0.5) is 0 Å². The van der Waals surface area contributed by atoms with Crippen LogP contribution in [0.3, 0.4) is 0 Å². The number of hydrogen-bond acceptors (Lipinski definition) is 5. The Morgan fingerprint density at radius 1 is 1.18 bits per heavy atom. The van der Waals surface area contributed by atoms with E-state index in [-0.39, 0.29) is 0 Å². The van der Waals surface area contributed by atoms with E-state index in [1.54, 1.807) is 0 Å². The fourth-order valence-corrected chi connectivity index (χ4v) is 4.57.